The van der Waals surface area contributed by atoms with E-state index in [0.29, 0.717) is 19.4 Å². The predicted octanol–water partition coefficient (Wildman–Crippen LogP) is -0.546. The molecule has 1 amide bonds. The van der Waals surface area contributed by atoms with Crippen LogP contribution in [0.15, 0.2) is 0 Å². The van der Waals surface area contributed by atoms with E-state index in [1.807, 2.05) is 0 Å². The maximum Gasteiger partial charge on any atom is 0.221 e. The average molecular weight is 189 g/mol. The van der Waals surface area contributed by atoms with Gasteiger partial charge in [-0.1, -0.05) is 0 Å². The molecule has 1 spiro atoms. The highest BCUT2D eigenvalue weighted by Crippen LogP contribution is 2.37. The van der Waals surface area contributed by atoms with Crippen LogP contribution in [0.1, 0.15) is 19.3 Å². The fraction of sp³-hybridized carbons (Fsp3) is 0.857. The number of sulfone groups is 1. The monoisotopic (exact) mass is 189 g/mol. The molecule has 68 valence electrons. The maximum absolute atomic E-state index is 11.5. The van der Waals surface area contributed by atoms with Gasteiger partial charge < -0.3 is 5.32 Å². The van der Waals surface area contributed by atoms with Crippen LogP contribution >= 0.6 is 0 Å². The predicted molar refractivity (Wildman–Crippen MR) is 43.4 cm³/mol. The van der Waals surface area contributed by atoms with E-state index in [1.165, 1.54) is 0 Å². The van der Waals surface area contributed by atoms with E-state index >= 15 is 0 Å². The van der Waals surface area contributed by atoms with E-state index < -0.39 is 14.6 Å². The maximum atomic E-state index is 11.5. The summed E-state index contributed by atoms with van der Waals surface area (Å²) in [5, 5.41) is 2.59. The summed E-state index contributed by atoms with van der Waals surface area (Å²) in [6.45, 7) is 0.328. The molecule has 1 N–H and O–H groups in total. The van der Waals surface area contributed by atoms with Crippen LogP contribution in [-0.2, 0) is 14.6 Å². The first kappa shape index (κ1) is 8.04. The molecule has 0 saturated carbocycles. The molecule has 2 rings (SSSR count). The summed E-state index contributed by atoms with van der Waals surface area (Å²) in [5.41, 5.74) is 0. The van der Waals surface area contributed by atoms with Crippen molar-refractivity contribution >= 4 is 15.7 Å². The quantitative estimate of drug-likeness (QED) is 0.556. The molecule has 2 aliphatic heterocycles. The molecule has 2 aliphatic rings. The molecule has 0 aromatic heterocycles. The van der Waals surface area contributed by atoms with Crippen LogP contribution in [0.2, 0.25) is 0 Å². The minimum absolute atomic E-state index is 0.125. The Morgan fingerprint density at radius 1 is 1.42 bits per heavy atom. The van der Waals surface area contributed by atoms with Crippen LogP contribution < -0.4 is 5.32 Å². The van der Waals surface area contributed by atoms with E-state index in [1.54, 1.807) is 0 Å². The minimum Gasteiger partial charge on any atom is -0.354 e. The SMILES string of the molecule is O=C1CC2(CCCS2(=O)=O)CN1. The van der Waals surface area contributed by atoms with Crippen molar-refractivity contribution in [1.82, 2.24) is 5.32 Å². The molecule has 4 nitrogen and oxygen atoms in total. The molecule has 1 atom stereocenters. The summed E-state index contributed by atoms with van der Waals surface area (Å²) in [6, 6.07) is 0. The number of rotatable bonds is 0. The van der Waals surface area contributed by atoms with Gasteiger partial charge in [0.25, 0.3) is 0 Å². The van der Waals surface area contributed by atoms with E-state index in [2.05, 4.69) is 5.32 Å². The van der Waals surface area contributed by atoms with Crippen molar-refractivity contribution < 1.29 is 13.2 Å². The molecule has 5 heteroatoms. The lowest BCUT2D eigenvalue weighted by molar-refractivity contribution is -0.119. The zero-order valence-electron chi connectivity index (χ0n) is 6.67. The lowest BCUT2D eigenvalue weighted by Gasteiger charge is -2.18. The summed E-state index contributed by atoms with van der Waals surface area (Å²) in [6.07, 6.45) is 1.53. The number of hydrogen-bond donors (Lipinski definition) is 1. The largest absolute Gasteiger partial charge is 0.354 e. The second-order valence-corrected chi connectivity index (χ2v) is 6.06. The average Bonchev–Trinajstić information content (AvgIpc) is 2.43. The summed E-state index contributed by atoms with van der Waals surface area (Å²) < 4.78 is 22.3. The molecule has 12 heavy (non-hydrogen) atoms. The van der Waals surface area contributed by atoms with Crippen molar-refractivity contribution in [2.24, 2.45) is 0 Å². The molecule has 2 heterocycles. The summed E-state index contributed by atoms with van der Waals surface area (Å²) in [5.74, 6) is 0.127. The zero-order chi connectivity index (χ0) is 8.82. The summed E-state index contributed by atoms with van der Waals surface area (Å²) in [4.78, 5) is 10.9. The van der Waals surface area contributed by atoms with E-state index in [0.717, 1.165) is 0 Å². The fourth-order valence-corrected chi connectivity index (χ4v) is 4.09. The molecule has 0 aliphatic carbocycles. The molecule has 2 fully saturated rings. The van der Waals surface area contributed by atoms with Crippen LogP contribution in [0.25, 0.3) is 0 Å². The van der Waals surface area contributed by atoms with E-state index in [-0.39, 0.29) is 18.1 Å². The van der Waals surface area contributed by atoms with Crippen LogP contribution in [0.5, 0.6) is 0 Å². The third-order valence-electron chi connectivity index (χ3n) is 2.80. The van der Waals surface area contributed by atoms with Crippen LogP contribution in [0, 0.1) is 0 Å². The van der Waals surface area contributed by atoms with Gasteiger partial charge in [0.05, 0.1) is 10.5 Å². The first-order valence-electron chi connectivity index (χ1n) is 4.05. The number of hydrogen-bond acceptors (Lipinski definition) is 3. The highest BCUT2D eigenvalue weighted by Gasteiger charge is 2.52. The highest BCUT2D eigenvalue weighted by atomic mass is 32.2. The summed E-state index contributed by atoms with van der Waals surface area (Å²) in [7, 11) is -3.00. The number of amides is 1. The van der Waals surface area contributed by atoms with Crippen LogP contribution in [0.4, 0.5) is 0 Å². The van der Waals surface area contributed by atoms with E-state index in [4.69, 9.17) is 0 Å². The molecule has 0 aromatic carbocycles. The highest BCUT2D eigenvalue weighted by molar-refractivity contribution is 7.93. The Hall–Kier alpha value is -0.580. The van der Waals surface area contributed by atoms with Gasteiger partial charge in [0.2, 0.25) is 5.91 Å². The Labute approximate surface area is 71.3 Å². The topological polar surface area (TPSA) is 63.2 Å². The smallest absolute Gasteiger partial charge is 0.221 e. The standard InChI is InChI=1S/C7H11NO3S/c9-6-4-7(5-8-6)2-1-3-12(7,10)11/h1-5H2,(H,8,9). The third kappa shape index (κ3) is 0.888. The molecule has 0 radical (unpaired) electrons. The second kappa shape index (κ2) is 2.22. The minimum atomic E-state index is -3.00. The van der Waals surface area contributed by atoms with Gasteiger partial charge in [-0.15, -0.1) is 0 Å². The Morgan fingerprint density at radius 2 is 2.17 bits per heavy atom. The third-order valence-corrected chi connectivity index (χ3v) is 5.43. The Bertz CT molecular complexity index is 322. The Kier molecular flexibility index (Phi) is 1.49. The lowest BCUT2D eigenvalue weighted by Crippen LogP contribution is -2.36. The van der Waals surface area contributed by atoms with Gasteiger partial charge in [-0.05, 0) is 12.8 Å². The lowest BCUT2D eigenvalue weighted by atomic mass is 10.0. The number of carbonyl (C=O) groups excluding carboxylic acids is 1. The van der Waals surface area contributed by atoms with Gasteiger partial charge in [-0.2, -0.15) is 0 Å². The Morgan fingerprint density at radius 3 is 2.58 bits per heavy atom. The van der Waals surface area contributed by atoms with Gasteiger partial charge >= 0.3 is 0 Å². The number of carbonyl (C=O) groups is 1. The Balaban J connectivity index is 2.39. The summed E-state index contributed by atoms with van der Waals surface area (Å²) >= 11 is 0. The van der Waals surface area contributed by atoms with Crippen LogP contribution in [-0.4, -0.2) is 31.4 Å². The number of nitrogens with one attached hydrogen (secondary N) is 1. The molecule has 0 aromatic rings. The van der Waals surface area contributed by atoms with Gasteiger partial charge in [0.1, 0.15) is 0 Å². The first-order valence-corrected chi connectivity index (χ1v) is 5.70. The van der Waals surface area contributed by atoms with Crippen molar-refractivity contribution in [3.8, 4) is 0 Å². The molecule has 1 unspecified atom stereocenters. The van der Waals surface area contributed by atoms with Gasteiger partial charge in [0, 0.05) is 13.0 Å². The van der Waals surface area contributed by atoms with Gasteiger partial charge in [-0.3, -0.25) is 4.79 Å². The van der Waals surface area contributed by atoms with Gasteiger partial charge in [0.15, 0.2) is 9.84 Å². The van der Waals surface area contributed by atoms with Crippen molar-refractivity contribution in [2.45, 2.75) is 24.0 Å². The first-order chi connectivity index (χ1) is 5.56. The molecular formula is C7H11NO3S. The van der Waals surface area contributed by atoms with Crippen LogP contribution in [0.3, 0.4) is 0 Å². The normalized spacial score (nSPS) is 38.8. The van der Waals surface area contributed by atoms with E-state index in [9.17, 15) is 13.2 Å². The zero-order valence-corrected chi connectivity index (χ0v) is 7.49. The molecule has 0 bridgehead atoms. The molecule has 2 saturated heterocycles. The van der Waals surface area contributed by atoms with Crippen molar-refractivity contribution in [1.29, 1.82) is 0 Å². The fourth-order valence-electron chi connectivity index (χ4n) is 2.03. The molecular weight excluding hydrogens is 178 g/mol. The van der Waals surface area contributed by atoms with Crippen molar-refractivity contribution in [3.63, 3.8) is 0 Å². The van der Waals surface area contributed by atoms with Crippen molar-refractivity contribution in [3.05, 3.63) is 0 Å². The van der Waals surface area contributed by atoms with Gasteiger partial charge in [-0.25, -0.2) is 8.42 Å². The van der Waals surface area contributed by atoms with Crippen molar-refractivity contribution in [2.75, 3.05) is 12.3 Å². The second-order valence-electron chi connectivity index (χ2n) is 3.56.